The molecule has 0 aromatic heterocycles. The Bertz CT molecular complexity index is 476. The van der Waals surface area contributed by atoms with Gasteiger partial charge in [-0.1, -0.05) is 48.5 Å². The first-order valence-electron chi connectivity index (χ1n) is 6.70. The Balaban J connectivity index is 2.18. The molecule has 1 aromatic carbocycles. The second kappa shape index (κ2) is 6.61. The minimum atomic E-state index is -0.252. The summed E-state index contributed by atoms with van der Waals surface area (Å²) in [7, 11) is 2.03. The van der Waals surface area contributed by atoms with Crippen LogP contribution in [0.15, 0.2) is 18.2 Å². The van der Waals surface area contributed by atoms with Crippen LogP contribution >= 0.6 is 23.2 Å². The predicted molar refractivity (Wildman–Crippen MR) is 79.5 cm³/mol. The van der Waals surface area contributed by atoms with Crippen molar-refractivity contribution in [1.29, 1.82) is 5.26 Å². The predicted octanol–water partition coefficient (Wildman–Crippen LogP) is 4.82. The van der Waals surface area contributed by atoms with Gasteiger partial charge in [0.2, 0.25) is 0 Å². The first kappa shape index (κ1) is 14.7. The van der Waals surface area contributed by atoms with Crippen molar-refractivity contribution < 1.29 is 0 Å². The smallest absolute Gasteiger partial charge is 0.123 e. The van der Waals surface area contributed by atoms with Gasteiger partial charge in [-0.05, 0) is 37.6 Å². The summed E-state index contributed by atoms with van der Waals surface area (Å²) in [5, 5.41) is 10.5. The molecule has 1 saturated carbocycles. The fourth-order valence-corrected chi connectivity index (χ4v) is 3.09. The summed E-state index contributed by atoms with van der Waals surface area (Å²) in [5.74, 6) is 0. The molecular weight excluding hydrogens is 279 g/mol. The first-order valence-corrected chi connectivity index (χ1v) is 7.45. The van der Waals surface area contributed by atoms with Crippen LogP contribution in [0.5, 0.6) is 0 Å². The number of benzene rings is 1. The van der Waals surface area contributed by atoms with E-state index in [0.717, 1.165) is 5.56 Å². The first-order chi connectivity index (χ1) is 9.13. The van der Waals surface area contributed by atoms with E-state index >= 15 is 0 Å². The van der Waals surface area contributed by atoms with Crippen LogP contribution in [0.4, 0.5) is 0 Å². The van der Waals surface area contributed by atoms with Crippen molar-refractivity contribution in [3.63, 3.8) is 0 Å². The molecule has 19 heavy (non-hydrogen) atoms. The Hall–Kier alpha value is -0.750. The maximum absolute atomic E-state index is 9.47. The molecule has 102 valence electrons. The van der Waals surface area contributed by atoms with Crippen molar-refractivity contribution in [2.45, 2.75) is 44.2 Å². The molecule has 1 atom stereocenters. The lowest BCUT2D eigenvalue weighted by Crippen LogP contribution is -2.36. The van der Waals surface area contributed by atoms with Gasteiger partial charge in [-0.15, -0.1) is 0 Å². The van der Waals surface area contributed by atoms with Crippen molar-refractivity contribution in [3.8, 4) is 6.07 Å². The molecule has 0 heterocycles. The molecule has 1 aliphatic carbocycles. The molecule has 1 aliphatic rings. The fourth-order valence-electron chi connectivity index (χ4n) is 2.78. The van der Waals surface area contributed by atoms with E-state index in [4.69, 9.17) is 23.2 Å². The van der Waals surface area contributed by atoms with Crippen LogP contribution in [0.3, 0.4) is 0 Å². The van der Waals surface area contributed by atoms with Gasteiger partial charge in [-0.25, -0.2) is 0 Å². The second-order valence-electron chi connectivity index (χ2n) is 5.16. The van der Waals surface area contributed by atoms with E-state index in [9.17, 15) is 5.26 Å². The lowest BCUT2D eigenvalue weighted by molar-refractivity contribution is 0.164. The zero-order valence-electron chi connectivity index (χ0n) is 11.1. The van der Waals surface area contributed by atoms with Crippen molar-refractivity contribution in [3.05, 3.63) is 33.8 Å². The lowest BCUT2D eigenvalue weighted by atomic mass is 9.92. The normalized spacial score (nSPS) is 18.3. The molecule has 1 fully saturated rings. The van der Waals surface area contributed by atoms with Gasteiger partial charge in [0.1, 0.15) is 6.04 Å². The van der Waals surface area contributed by atoms with Crippen molar-refractivity contribution in [2.75, 3.05) is 7.05 Å². The lowest BCUT2D eigenvalue weighted by Gasteiger charge is -2.34. The molecule has 1 unspecified atom stereocenters. The molecule has 2 nitrogen and oxygen atoms in total. The summed E-state index contributed by atoms with van der Waals surface area (Å²) in [4.78, 5) is 2.18. The average molecular weight is 297 g/mol. The third-order valence-corrected chi connectivity index (χ3v) is 4.68. The van der Waals surface area contributed by atoms with Gasteiger partial charge in [0.15, 0.2) is 0 Å². The number of rotatable bonds is 3. The summed E-state index contributed by atoms with van der Waals surface area (Å²) in [6, 6.07) is 8.08. The Labute approximate surface area is 124 Å². The Morgan fingerprint density at radius 2 is 1.89 bits per heavy atom. The second-order valence-corrected chi connectivity index (χ2v) is 5.98. The van der Waals surface area contributed by atoms with Gasteiger partial charge in [0.05, 0.1) is 16.1 Å². The highest BCUT2D eigenvalue weighted by Crippen LogP contribution is 2.31. The van der Waals surface area contributed by atoms with Gasteiger partial charge < -0.3 is 0 Å². The fraction of sp³-hybridized carbons (Fsp3) is 0.533. The standard InChI is InChI=1S/C15H18Cl2N2/c1-19(12-5-3-2-4-6-12)15(10-18)11-7-8-13(16)14(17)9-11/h7-9,12,15H,2-6H2,1H3. The molecule has 0 radical (unpaired) electrons. The van der Waals surface area contributed by atoms with E-state index in [0.29, 0.717) is 16.1 Å². The van der Waals surface area contributed by atoms with Crippen LogP contribution in [0, 0.1) is 11.3 Å². The minimum absolute atomic E-state index is 0.252. The van der Waals surface area contributed by atoms with E-state index in [1.165, 1.54) is 32.1 Å². The Morgan fingerprint density at radius 3 is 2.47 bits per heavy atom. The topological polar surface area (TPSA) is 27.0 Å². The van der Waals surface area contributed by atoms with Crippen LogP contribution in [-0.4, -0.2) is 18.0 Å². The van der Waals surface area contributed by atoms with Crippen LogP contribution in [0.25, 0.3) is 0 Å². The van der Waals surface area contributed by atoms with E-state index in [-0.39, 0.29) is 6.04 Å². The third kappa shape index (κ3) is 3.42. The SMILES string of the molecule is CN(C1CCCCC1)C(C#N)c1ccc(Cl)c(Cl)c1. The van der Waals surface area contributed by atoms with E-state index in [1.807, 2.05) is 13.1 Å². The van der Waals surface area contributed by atoms with Gasteiger partial charge in [-0.2, -0.15) is 5.26 Å². The molecule has 0 bridgehead atoms. The van der Waals surface area contributed by atoms with E-state index < -0.39 is 0 Å². The van der Waals surface area contributed by atoms with Crippen molar-refractivity contribution in [2.24, 2.45) is 0 Å². The van der Waals surface area contributed by atoms with E-state index in [2.05, 4.69) is 11.0 Å². The molecule has 0 amide bonds. The Kier molecular flexibility index (Phi) is 5.10. The maximum Gasteiger partial charge on any atom is 0.123 e. The number of nitriles is 1. The molecule has 2 rings (SSSR count). The third-order valence-electron chi connectivity index (χ3n) is 3.94. The summed E-state index contributed by atoms with van der Waals surface area (Å²) in [6.07, 6.45) is 6.18. The number of hydrogen-bond acceptors (Lipinski definition) is 2. The number of halogens is 2. The highest BCUT2D eigenvalue weighted by Gasteiger charge is 2.25. The molecule has 4 heteroatoms. The summed E-state index contributed by atoms with van der Waals surface area (Å²) >= 11 is 12.0. The van der Waals surface area contributed by atoms with Crippen molar-refractivity contribution in [1.82, 2.24) is 4.90 Å². The van der Waals surface area contributed by atoms with Crippen LogP contribution in [-0.2, 0) is 0 Å². The van der Waals surface area contributed by atoms with Crippen molar-refractivity contribution >= 4 is 23.2 Å². The van der Waals surface area contributed by atoms with Gasteiger partial charge in [0.25, 0.3) is 0 Å². The molecule has 0 N–H and O–H groups in total. The van der Waals surface area contributed by atoms with Gasteiger partial charge >= 0.3 is 0 Å². The average Bonchev–Trinajstić information content (AvgIpc) is 2.44. The summed E-state index contributed by atoms with van der Waals surface area (Å²) in [5.41, 5.74) is 0.921. The van der Waals surface area contributed by atoms with Crippen LogP contribution in [0.1, 0.15) is 43.7 Å². The summed E-state index contributed by atoms with van der Waals surface area (Å²) < 4.78 is 0. The van der Waals surface area contributed by atoms with Gasteiger partial charge in [0, 0.05) is 6.04 Å². The highest BCUT2D eigenvalue weighted by molar-refractivity contribution is 6.42. The zero-order valence-corrected chi connectivity index (χ0v) is 12.6. The molecular formula is C15H18Cl2N2. The highest BCUT2D eigenvalue weighted by atomic mass is 35.5. The molecule has 1 aromatic rings. The minimum Gasteiger partial charge on any atom is -0.284 e. The largest absolute Gasteiger partial charge is 0.284 e. The van der Waals surface area contributed by atoms with Crippen LogP contribution < -0.4 is 0 Å². The molecule has 0 spiro atoms. The monoisotopic (exact) mass is 296 g/mol. The molecule has 0 saturated heterocycles. The maximum atomic E-state index is 9.47. The van der Waals surface area contributed by atoms with E-state index in [1.54, 1.807) is 12.1 Å². The number of hydrogen-bond donors (Lipinski definition) is 0. The Morgan fingerprint density at radius 1 is 1.21 bits per heavy atom. The van der Waals surface area contributed by atoms with Gasteiger partial charge in [-0.3, -0.25) is 4.90 Å². The van der Waals surface area contributed by atoms with Crippen LogP contribution in [0.2, 0.25) is 10.0 Å². The number of nitrogens with zero attached hydrogens (tertiary/aromatic N) is 2. The quantitative estimate of drug-likeness (QED) is 0.799. The zero-order chi connectivity index (χ0) is 13.8. The summed E-state index contributed by atoms with van der Waals surface area (Å²) in [6.45, 7) is 0. The molecule has 0 aliphatic heterocycles.